The topological polar surface area (TPSA) is 58.4 Å². The number of hydrogen-bond donors (Lipinski definition) is 2. The number of carbonyl (C=O) groups excluding carboxylic acids is 1. The van der Waals surface area contributed by atoms with Gasteiger partial charge in [0.05, 0.1) is 11.3 Å². The standard InChI is InChI=1S/C21H24N4OS.2ClH/c26-21(23-11-9-16-8-10-22-13-16)18-5-1-2-6-19(18)27-15-17-14-25-12-4-3-7-20(25)24-17;;/h1-7,12,14,16,22H,8-11,13,15H2,(H,23,26);2*1H. The third kappa shape index (κ3) is 6.12. The van der Waals surface area contributed by atoms with E-state index in [1.54, 1.807) is 11.8 Å². The third-order valence-corrected chi connectivity index (χ3v) is 6.03. The molecule has 0 spiro atoms. The highest BCUT2D eigenvalue weighted by atomic mass is 35.5. The fourth-order valence-electron chi connectivity index (χ4n) is 3.43. The lowest BCUT2D eigenvalue weighted by Gasteiger charge is -2.11. The van der Waals surface area contributed by atoms with Crippen molar-refractivity contribution in [1.82, 2.24) is 20.0 Å². The second-order valence-corrected chi connectivity index (χ2v) is 7.90. The Labute approximate surface area is 187 Å². The van der Waals surface area contributed by atoms with E-state index in [9.17, 15) is 4.79 Å². The fourth-order valence-corrected chi connectivity index (χ4v) is 4.37. The average Bonchev–Trinajstić information content (AvgIpc) is 3.35. The summed E-state index contributed by atoms with van der Waals surface area (Å²) in [4.78, 5) is 18.3. The van der Waals surface area contributed by atoms with Crippen molar-refractivity contribution in [2.45, 2.75) is 23.5 Å². The molecule has 1 saturated heterocycles. The Morgan fingerprint density at radius 2 is 2.03 bits per heavy atom. The monoisotopic (exact) mass is 452 g/mol. The van der Waals surface area contributed by atoms with E-state index in [0.29, 0.717) is 5.92 Å². The van der Waals surface area contributed by atoms with Crippen molar-refractivity contribution < 1.29 is 4.79 Å². The first kappa shape index (κ1) is 23.5. The van der Waals surface area contributed by atoms with Gasteiger partial charge in [-0.25, -0.2) is 4.98 Å². The van der Waals surface area contributed by atoms with Crippen molar-refractivity contribution in [2.24, 2.45) is 5.92 Å². The van der Waals surface area contributed by atoms with Crippen LogP contribution >= 0.6 is 36.6 Å². The van der Waals surface area contributed by atoms with Crippen LogP contribution in [0, 0.1) is 5.92 Å². The largest absolute Gasteiger partial charge is 0.352 e. The molecule has 2 N–H and O–H groups in total. The van der Waals surface area contributed by atoms with Gasteiger partial charge in [0, 0.05) is 29.6 Å². The molecule has 1 amide bonds. The molecule has 1 aromatic carbocycles. The number of fused-ring (bicyclic) bond motifs is 1. The molecule has 8 heteroatoms. The zero-order valence-electron chi connectivity index (χ0n) is 16.0. The van der Waals surface area contributed by atoms with E-state index in [2.05, 4.69) is 15.6 Å². The number of halogens is 2. The summed E-state index contributed by atoms with van der Waals surface area (Å²) in [6.45, 7) is 2.90. The minimum Gasteiger partial charge on any atom is -0.352 e. The average molecular weight is 453 g/mol. The normalized spacial score (nSPS) is 15.5. The summed E-state index contributed by atoms with van der Waals surface area (Å²) in [5.41, 5.74) is 2.70. The number of amides is 1. The van der Waals surface area contributed by atoms with Crippen LogP contribution in [0.2, 0.25) is 0 Å². The molecule has 2 aromatic heterocycles. The van der Waals surface area contributed by atoms with Crippen molar-refractivity contribution in [3.05, 3.63) is 66.1 Å². The highest BCUT2D eigenvalue weighted by molar-refractivity contribution is 7.98. The molecule has 0 saturated carbocycles. The lowest BCUT2D eigenvalue weighted by Crippen LogP contribution is -2.26. The Kier molecular flexibility index (Phi) is 9.30. The summed E-state index contributed by atoms with van der Waals surface area (Å²) < 4.78 is 2.02. The van der Waals surface area contributed by atoms with Gasteiger partial charge in [-0.3, -0.25) is 4.79 Å². The maximum atomic E-state index is 12.6. The number of pyridine rings is 1. The molecule has 1 unspecified atom stereocenters. The molecule has 1 aliphatic rings. The van der Waals surface area contributed by atoms with Gasteiger partial charge in [-0.05, 0) is 56.1 Å². The summed E-state index contributed by atoms with van der Waals surface area (Å²) in [7, 11) is 0. The van der Waals surface area contributed by atoms with E-state index in [0.717, 1.165) is 53.6 Å². The molecule has 1 aliphatic heterocycles. The highest BCUT2D eigenvalue weighted by Gasteiger charge is 2.16. The van der Waals surface area contributed by atoms with Crippen LogP contribution in [0.25, 0.3) is 5.65 Å². The molecule has 0 bridgehead atoms. The first-order chi connectivity index (χ1) is 13.3. The van der Waals surface area contributed by atoms with Gasteiger partial charge in [0.2, 0.25) is 0 Å². The molecule has 29 heavy (non-hydrogen) atoms. The molecule has 1 atom stereocenters. The number of carbonyl (C=O) groups is 1. The molecule has 0 radical (unpaired) electrons. The number of benzene rings is 1. The van der Waals surface area contributed by atoms with Crippen LogP contribution in [0.4, 0.5) is 0 Å². The number of nitrogens with one attached hydrogen (secondary N) is 2. The lowest BCUT2D eigenvalue weighted by molar-refractivity contribution is 0.0948. The predicted molar refractivity (Wildman–Crippen MR) is 124 cm³/mol. The van der Waals surface area contributed by atoms with Crippen LogP contribution in [-0.4, -0.2) is 34.9 Å². The summed E-state index contributed by atoms with van der Waals surface area (Å²) in [5, 5.41) is 6.46. The molecular formula is C21H26Cl2N4OS. The van der Waals surface area contributed by atoms with E-state index in [-0.39, 0.29) is 30.7 Å². The van der Waals surface area contributed by atoms with E-state index < -0.39 is 0 Å². The number of imidazole rings is 1. The van der Waals surface area contributed by atoms with Crippen molar-refractivity contribution >= 4 is 48.1 Å². The predicted octanol–water partition coefficient (Wildman–Crippen LogP) is 4.20. The van der Waals surface area contributed by atoms with Gasteiger partial charge in [0.1, 0.15) is 5.65 Å². The number of thioether (sulfide) groups is 1. The minimum absolute atomic E-state index is 0. The van der Waals surface area contributed by atoms with Crippen LogP contribution in [-0.2, 0) is 5.75 Å². The van der Waals surface area contributed by atoms with Crippen molar-refractivity contribution in [3.63, 3.8) is 0 Å². The molecule has 4 rings (SSSR count). The first-order valence-corrected chi connectivity index (χ1v) is 10.4. The van der Waals surface area contributed by atoms with Gasteiger partial charge in [0.25, 0.3) is 5.91 Å². The molecule has 0 aliphatic carbocycles. The number of hydrogen-bond acceptors (Lipinski definition) is 4. The highest BCUT2D eigenvalue weighted by Crippen LogP contribution is 2.26. The number of nitrogens with zero attached hydrogens (tertiary/aromatic N) is 2. The van der Waals surface area contributed by atoms with Crippen LogP contribution in [0.15, 0.2) is 59.8 Å². The Hall–Kier alpha value is -1.73. The van der Waals surface area contributed by atoms with Crippen LogP contribution in [0.5, 0.6) is 0 Å². The maximum absolute atomic E-state index is 12.6. The SMILES string of the molecule is Cl.Cl.O=C(NCCC1CCNC1)c1ccccc1SCc1cn2ccccc2n1. The quantitative estimate of drug-likeness (QED) is 0.527. The molecule has 3 heterocycles. The van der Waals surface area contributed by atoms with Crippen molar-refractivity contribution in [3.8, 4) is 0 Å². The summed E-state index contributed by atoms with van der Waals surface area (Å²) >= 11 is 1.66. The van der Waals surface area contributed by atoms with Crippen molar-refractivity contribution in [1.29, 1.82) is 0 Å². The number of aromatic nitrogens is 2. The summed E-state index contributed by atoms with van der Waals surface area (Å²) in [6, 6.07) is 13.8. The molecule has 5 nitrogen and oxygen atoms in total. The van der Waals surface area contributed by atoms with Gasteiger partial charge < -0.3 is 15.0 Å². The summed E-state index contributed by atoms with van der Waals surface area (Å²) in [6.07, 6.45) is 6.29. The Balaban J connectivity index is 0.00000150. The second-order valence-electron chi connectivity index (χ2n) is 6.89. The zero-order chi connectivity index (χ0) is 18.5. The van der Waals surface area contributed by atoms with E-state index in [1.807, 2.05) is 59.3 Å². The van der Waals surface area contributed by atoms with Crippen molar-refractivity contribution in [2.75, 3.05) is 19.6 Å². The summed E-state index contributed by atoms with van der Waals surface area (Å²) in [5.74, 6) is 1.43. The van der Waals surface area contributed by atoms with Gasteiger partial charge in [-0.2, -0.15) is 0 Å². The minimum atomic E-state index is 0. The van der Waals surface area contributed by atoms with E-state index in [4.69, 9.17) is 0 Å². The second kappa shape index (κ2) is 11.5. The van der Waals surface area contributed by atoms with Crippen LogP contribution in [0.3, 0.4) is 0 Å². The molecule has 156 valence electrons. The Bertz CT molecular complexity index is 895. The van der Waals surface area contributed by atoms with Gasteiger partial charge >= 0.3 is 0 Å². The van der Waals surface area contributed by atoms with E-state index >= 15 is 0 Å². The fraction of sp³-hybridized carbons (Fsp3) is 0.333. The molecule has 1 fully saturated rings. The lowest BCUT2D eigenvalue weighted by atomic mass is 10.1. The van der Waals surface area contributed by atoms with Gasteiger partial charge in [-0.1, -0.05) is 18.2 Å². The first-order valence-electron chi connectivity index (χ1n) is 9.43. The van der Waals surface area contributed by atoms with Gasteiger partial charge in [-0.15, -0.1) is 36.6 Å². The van der Waals surface area contributed by atoms with Crippen LogP contribution < -0.4 is 10.6 Å². The third-order valence-electron chi connectivity index (χ3n) is 4.92. The molecule has 3 aromatic rings. The Morgan fingerprint density at radius 3 is 2.83 bits per heavy atom. The van der Waals surface area contributed by atoms with Gasteiger partial charge in [0.15, 0.2) is 0 Å². The van der Waals surface area contributed by atoms with Crippen LogP contribution in [0.1, 0.15) is 28.9 Å². The maximum Gasteiger partial charge on any atom is 0.252 e. The Morgan fingerprint density at radius 1 is 1.21 bits per heavy atom. The van der Waals surface area contributed by atoms with E-state index in [1.165, 1.54) is 6.42 Å². The number of rotatable bonds is 7. The zero-order valence-corrected chi connectivity index (χ0v) is 18.5. The molecular weight excluding hydrogens is 427 g/mol. The smallest absolute Gasteiger partial charge is 0.252 e.